The van der Waals surface area contributed by atoms with Gasteiger partial charge < -0.3 is 0 Å². The molecule has 0 bridgehead atoms. The van der Waals surface area contributed by atoms with E-state index >= 15 is 0 Å². The zero-order valence-electron chi connectivity index (χ0n) is 19.6. The minimum atomic E-state index is -1.22. The second kappa shape index (κ2) is 18.3. The molecule has 0 aliphatic rings. The third-order valence-corrected chi connectivity index (χ3v) is 5.20. The molecule has 0 unspecified atom stereocenters. The predicted molar refractivity (Wildman–Crippen MR) is 138 cm³/mol. The van der Waals surface area contributed by atoms with E-state index in [1.54, 1.807) is 0 Å². The van der Waals surface area contributed by atoms with Gasteiger partial charge >= 0.3 is 0 Å². The van der Waals surface area contributed by atoms with Crippen molar-refractivity contribution in [2.45, 2.75) is 0 Å². The van der Waals surface area contributed by atoms with Gasteiger partial charge in [-0.05, 0) is 0 Å². The molecule has 0 spiro atoms. The third-order valence-electron chi connectivity index (χ3n) is 5.20. The quantitative estimate of drug-likeness (QED) is 0.285. The largest absolute Gasteiger partial charge is 0.255 e. The van der Waals surface area contributed by atoms with Crippen LogP contribution in [0, 0.1) is 0 Å². The third kappa shape index (κ3) is 7.35. The molecule has 0 aromatic heterocycles. The first kappa shape index (κ1) is 29.7. The average Bonchev–Trinajstić information content (AvgIpc) is 2.96. The number of hydrogen-bond donors (Lipinski definition) is 0. The van der Waals surface area contributed by atoms with Crippen LogP contribution in [0.5, 0.6) is 0 Å². The summed E-state index contributed by atoms with van der Waals surface area (Å²) in [6, 6.07) is 43.5. The van der Waals surface area contributed by atoms with E-state index in [0.29, 0.717) is 28.7 Å². The van der Waals surface area contributed by atoms with Gasteiger partial charge in [0.1, 0.15) is 6.15 Å². The van der Waals surface area contributed by atoms with Crippen molar-refractivity contribution < 1.29 is 17.6 Å². The van der Waals surface area contributed by atoms with Crippen molar-refractivity contribution in [3.05, 3.63) is 121 Å². The summed E-state index contributed by atoms with van der Waals surface area (Å²) in [6.07, 6.45) is -1.22. The Labute approximate surface area is 195 Å². The molecule has 0 saturated heterocycles. The van der Waals surface area contributed by atoms with Gasteiger partial charge in [-0.2, -0.15) is 21.9 Å². The number of benzene rings is 4. The standard InChI is InChI=1S/C24H20B.4CH3F/c1-5-13-21(14-6-1)25(22-15-7-2-8-16-22,23-17-9-3-10-18-23)24-19-11-4-12-20-24;4*1-2/h1-20H;4*1H3/q-1;;;;. The van der Waals surface area contributed by atoms with Gasteiger partial charge in [-0.15, -0.1) is 0 Å². The normalized spacial score (nSPS) is 9.21. The lowest BCUT2D eigenvalue weighted by Gasteiger charge is -2.44. The number of rotatable bonds is 4. The molecule has 0 N–H and O–H groups in total. The van der Waals surface area contributed by atoms with Crippen LogP contribution in [0.15, 0.2) is 121 Å². The van der Waals surface area contributed by atoms with Crippen LogP contribution < -0.4 is 21.9 Å². The minimum Gasteiger partial charge on any atom is -0.255 e. The predicted octanol–water partition coefficient (Wildman–Crippen LogP) is 5.41. The molecule has 0 saturated carbocycles. The van der Waals surface area contributed by atoms with Gasteiger partial charge in [-0.1, -0.05) is 121 Å². The van der Waals surface area contributed by atoms with E-state index < -0.39 is 6.15 Å². The molecule has 176 valence electrons. The summed E-state index contributed by atoms with van der Waals surface area (Å²) in [6.45, 7) is 0. The lowest BCUT2D eigenvalue weighted by Crippen LogP contribution is -2.74. The van der Waals surface area contributed by atoms with Crippen LogP contribution in [0.25, 0.3) is 0 Å². The van der Waals surface area contributed by atoms with Gasteiger partial charge in [0.05, 0.1) is 28.7 Å². The SMILES string of the molecule is CF.CF.CF.CF.c1ccc([B-](c2ccccc2)(c2ccccc2)c2ccccc2)cc1. The minimum absolute atomic E-state index is 0.500. The maximum atomic E-state index is 9.50. The van der Waals surface area contributed by atoms with Crippen LogP contribution in [0.4, 0.5) is 17.6 Å². The summed E-state index contributed by atoms with van der Waals surface area (Å²) < 4.78 is 38.0. The summed E-state index contributed by atoms with van der Waals surface area (Å²) in [5, 5.41) is 0. The van der Waals surface area contributed by atoms with Crippen molar-refractivity contribution in [1.82, 2.24) is 0 Å². The van der Waals surface area contributed by atoms with E-state index in [1.165, 1.54) is 21.9 Å². The van der Waals surface area contributed by atoms with E-state index in [9.17, 15) is 17.6 Å². The fourth-order valence-electron chi connectivity index (χ4n) is 4.12. The van der Waals surface area contributed by atoms with E-state index in [-0.39, 0.29) is 0 Å². The Hall–Kier alpha value is -3.34. The van der Waals surface area contributed by atoms with Crippen LogP contribution in [0.2, 0.25) is 0 Å². The molecule has 0 fully saturated rings. The highest BCUT2D eigenvalue weighted by Gasteiger charge is 2.30. The summed E-state index contributed by atoms with van der Waals surface area (Å²) in [4.78, 5) is 0. The molecule has 0 amide bonds. The fourth-order valence-corrected chi connectivity index (χ4v) is 4.12. The molecule has 0 radical (unpaired) electrons. The van der Waals surface area contributed by atoms with Gasteiger partial charge in [0, 0.05) is 0 Å². The second-order valence-electron chi connectivity index (χ2n) is 6.51. The lowest BCUT2D eigenvalue weighted by molar-refractivity contribution is 0.635. The maximum Gasteiger partial charge on any atom is 0.108 e. The first-order chi connectivity index (χ1) is 16.4. The highest BCUT2D eigenvalue weighted by Crippen LogP contribution is 2.09. The van der Waals surface area contributed by atoms with Crippen molar-refractivity contribution in [1.29, 1.82) is 0 Å². The molecular weight excluding hydrogens is 423 g/mol. The Kier molecular flexibility index (Phi) is 16.4. The second-order valence-corrected chi connectivity index (χ2v) is 6.51. The van der Waals surface area contributed by atoms with Gasteiger partial charge in [0.15, 0.2) is 0 Å². The highest BCUT2D eigenvalue weighted by atomic mass is 19.1. The van der Waals surface area contributed by atoms with E-state index in [4.69, 9.17) is 0 Å². The maximum absolute atomic E-state index is 9.50. The number of hydrogen-bond acceptors (Lipinski definition) is 0. The van der Waals surface area contributed by atoms with Crippen molar-refractivity contribution >= 4 is 28.0 Å². The summed E-state index contributed by atoms with van der Waals surface area (Å²) in [7, 11) is 2.00. The van der Waals surface area contributed by atoms with Gasteiger partial charge in [-0.3, -0.25) is 17.6 Å². The molecule has 0 atom stereocenters. The van der Waals surface area contributed by atoms with Gasteiger partial charge in [0.25, 0.3) is 0 Å². The number of alkyl halides is 4. The molecule has 0 aliphatic carbocycles. The molecule has 4 aromatic rings. The number of halogens is 4. The van der Waals surface area contributed by atoms with Crippen LogP contribution in [0.1, 0.15) is 0 Å². The van der Waals surface area contributed by atoms with Crippen LogP contribution in [-0.2, 0) is 0 Å². The summed E-state index contributed by atoms with van der Waals surface area (Å²) in [5.74, 6) is 0. The van der Waals surface area contributed by atoms with Crippen LogP contribution >= 0.6 is 0 Å². The molecule has 4 aromatic carbocycles. The van der Waals surface area contributed by atoms with Crippen molar-refractivity contribution in [2.24, 2.45) is 0 Å². The zero-order chi connectivity index (χ0) is 25.0. The lowest BCUT2D eigenvalue weighted by atomic mass is 9.13. The first-order valence-corrected chi connectivity index (χ1v) is 10.3. The van der Waals surface area contributed by atoms with Crippen LogP contribution in [-0.4, -0.2) is 34.9 Å². The topological polar surface area (TPSA) is 0 Å². The molecule has 4 rings (SSSR count). The summed E-state index contributed by atoms with van der Waals surface area (Å²) in [5.41, 5.74) is 5.36. The fraction of sp³-hybridized carbons (Fsp3) is 0.143. The molecular formula is C28H32BF4-. The Bertz CT molecular complexity index is 771. The van der Waals surface area contributed by atoms with Crippen molar-refractivity contribution in [3.8, 4) is 0 Å². The molecule has 33 heavy (non-hydrogen) atoms. The van der Waals surface area contributed by atoms with Gasteiger partial charge in [-0.25, -0.2) is 0 Å². The van der Waals surface area contributed by atoms with E-state index in [0.717, 1.165) is 0 Å². The van der Waals surface area contributed by atoms with Crippen LogP contribution in [0.3, 0.4) is 0 Å². The Morgan fingerprint density at radius 1 is 0.303 bits per heavy atom. The van der Waals surface area contributed by atoms with Crippen molar-refractivity contribution in [2.75, 3.05) is 28.7 Å². The average molecular weight is 455 g/mol. The molecule has 5 heteroatoms. The van der Waals surface area contributed by atoms with E-state index in [1.807, 2.05) is 0 Å². The first-order valence-electron chi connectivity index (χ1n) is 10.3. The monoisotopic (exact) mass is 455 g/mol. The summed E-state index contributed by atoms with van der Waals surface area (Å²) >= 11 is 0. The highest BCUT2D eigenvalue weighted by molar-refractivity contribution is 7.19. The van der Waals surface area contributed by atoms with Crippen molar-refractivity contribution in [3.63, 3.8) is 0 Å². The Morgan fingerprint density at radius 2 is 0.455 bits per heavy atom. The van der Waals surface area contributed by atoms with E-state index in [2.05, 4.69) is 121 Å². The molecule has 0 nitrogen and oxygen atoms in total. The van der Waals surface area contributed by atoms with Gasteiger partial charge in [0.2, 0.25) is 0 Å². The zero-order valence-corrected chi connectivity index (χ0v) is 19.6. The Balaban J connectivity index is 0.00000116. The molecule has 0 heterocycles. The smallest absolute Gasteiger partial charge is 0.108 e. The molecule has 0 aliphatic heterocycles. The Morgan fingerprint density at radius 3 is 0.606 bits per heavy atom.